The van der Waals surface area contributed by atoms with Crippen LogP contribution in [0, 0.1) is 19.5 Å². The topological polar surface area (TPSA) is 100 Å². The zero-order valence-corrected chi connectivity index (χ0v) is 20.5. The summed E-state index contributed by atoms with van der Waals surface area (Å²) < 4.78 is 31.6. The molecule has 0 saturated heterocycles. The first kappa shape index (κ1) is 24.3. The number of esters is 1. The maximum Gasteiger partial charge on any atom is 0.363 e. The summed E-state index contributed by atoms with van der Waals surface area (Å²) in [6, 6.07) is 15.5. The van der Waals surface area contributed by atoms with E-state index in [1.807, 2.05) is 6.92 Å². The number of carbonyl (C=O) groups is 1. The molecule has 1 aliphatic rings. The van der Waals surface area contributed by atoms with E-state index in [4.69, 9.17) is 14.2 Å². The minimum atomic E-state index is -0.685. The third-order valence-electron chi connectivity index (χ3n) is 4.89. The van der Waals surface area contributed by atoms with Crippen LogP contribution >= 0.6 is 22.6 Å². The van der Waals surface area contributed by atoms with Crippen molar-refractivity contribution in [2.75, 3.05) is 6.61 Å². The van der Waals surface area contributed by atoms with Gasteiger partial charge in [-0.15, -0.1) is 0 Å². The van der Waals surface area contributed by atoms with Gasteiger partial charge in [-0.25, -0.2) is 14.2 Å². The Kier molecular flexibility index (Phi) is 7.39. The highest BCUT2D eigenvalue weighted by atomic mass is 127. The minimum Gasteiger partial charge on any atom is -0.490 e. The van der Waals surface area contributed by atoms with Crippen LogP contribution in [0.2, 0.25) is 0 Å². The zero-order chi connectivity index (χ0) is 24.9. The molecule has 0 amide bonds. The first-order valence-electron chi connectivity index (χ1n) is 10.5. The van der Waals surface area contributed by atoms with Crippen molar-refractivity contribution >= 4 is 46.2 Å². The summed E-state index contributed by atoms with van der Waals surface area (Å²) in [5.74, 6) is -0.366. The summed E-state index contributed by atoms with van der Waals surface area (Å²) in [4.78, 5) is 26.9. The van der Waals surface area contributed by atoms with Crippen molar-refractivity contribution in [2.24, 2.45) is 4.99 Å². The molecule has 3 aromatic carbocycles. The third-order valence-corrected chi connectivity index (χ3v) is 5.69. The van der Waals surface area contributed by atoms with Gasteiger partial charge in [0.25, 0.3) is 5.69 Å². The van der Waals surface area contributed by atoms with Crippen LogP contribution in [0.4, 0.5) is 10.1 Å². The molecular weight excluding hydrogens is 570 g/mol. The number of carbonyl (C=O) groups excluding carboxylic acids is 1. The molecule has 10 heteroatoms. The lowest BCUT2D eigenvalue weighted by Gasteiger charge is -2.15. The molecule has 0 fully saturated rings. The quantitative estimate of drug-likeness (QED) is 0.111. The second-order valence-electron chi connectivity index (χ2n) is 7.29. The molecule has 1 aliphatic heterocycles. The average Bonchev–Trinajstić information content (AvgIpc) is 3.19. The van der Waals surface area contributed by atoms with E-state index in [0.717, 1.165) is 5.56 Å². The fourth-order valence-corrected chi connectivity index (χ4v) is 4.04. The van der Waals surface area contributed by atoms with Gasteiger partial charge in [-0.2, -0.15) is 0 Å². The lowest BCUT2D eigenvalue weighted by Crippen LogP contribution is -2.07. The van der Waals surface area contributed by atoms with Gasteiger partial charge in [-0.1, -0.05) is 12.1 Å². The number of non-ortho nitro benzene ring substituents is 1. The highest BCUT2D eigenvalue weighted by Gasteiger charge is 2.26. The number of hydrogen-bond donors (Lipinski definition) is 0. The predicted octanol–water partition coefficient (Wildman–Crippen LogP) is 5.66. The largest absolute Gasteiger partial charge is 0.490 e. The number of nitro benzene ring substituents is 1. The Morgan fingerprint density at radius 2 is 1.89 bits per heavy atom. The number of aliphatic imine (C=N–C) groups is 1. The van der Waals surface area contributed by atoms with E-state index in [9.17, 15) is 19.3 Å². The van der Waals surface area contributed by atoms with E-state index in [2.05, 4.69) is 27.6 Å². The van der Waals surface area contributed by atoms with Crippen LogP contribution in [0.15, 0.2) is 71.4 Å². The van der Waals surface area contributed by atoms with Crippen molar-refractivity contribution in [3.8, 4) is 11.5 Å². The number of ether oxygens (including phenoxy) is 3. The molecule has 0 unspecified atom stereocenters. The molecule has 3 aromatic rings. The number of halogens is 2. The molecule has 0 saturated carbocycles. The van der Waals surface area contributed by atoms with Crippen molar-refractivity contribution in [1.29, 1.82) is 0 Å². The minimum absolute atomic E-state index is 0.00184. The highest BCUT2D eigenvalue weighted by molar-refractivity contribution is 14.1. The highest BCUT2D eigenvalue weighted by Crippen LogP contribution is 2.36. The first-order valence-corrected chi connectivity index (χ1v) is 11.5. The maximum absolute atomic E-state index is 14.1. The molecule has 1 heterocycles. The lowest BCUT2D eigenvalue weighted by atomic mass is 10.1. The average molecular weight is 588 g/mol. The summed E-state index contributed by atoms with van der Waals surface area (Å²) in [6.45, 7) is 2.39. The molecule has 0 N–H and O–H groups in total. The van der Waals surface area contributed by atoms with E-state index in [-0.39, 0.29) is 29.5 Å². The summed E-state index contributed by atoms with van der Waals surface area (Å²) in [5.41, 5.74) is 1.50. The van der Waals surface area contributed by atoms with Gasteiger partial charge in [-0.3, -0.25) is 10.1 Å². The van der Waals surface area contributed by atoms with Crippen LogP contribution in [-0.2, 0) is 16.1 Å². The molecule has 0 aliphatic carbocycles. The van der Waals surface area contributed by atoms with Crippen molar-refractivity contribution in [3.63, 3.8) is 0 Å². The number of nitrogens with zero attached hydrogens (tertiary/aromatic N) is 2. The van der Waals surface area contributed by atoms with E-state index in [1.165, 1.54) is 36.4 Å². The molecule has 178 valence electrons. The van der Waals surface area contributed by atoms with Gasteiger partial charge in [0.15, 0.2) is 17.2 Å². The Bertz CT molecular complexity index is 1350. The van der Waals surface area contributed by atoms with Crippen molar-refractivity contribution in [3.05, 3.63) is 103 Å². The van der Waals surface area contributed by atoms with Gasteiger partial charge >= 0.3 is 5.97 Å². The molecular formula is C25H18FIN2O6. The second kappa shape index (κ2) is 10.6. The van der Waals surface area contributed by atoms with Crippen molar-refractivity contribution < 1.29 is 28.3 Å². The molecule has 4 rings (SSSR count). The number of cyclic esters (lactones) is 1. The van der Waals surface area contributed by atoms with Crippen LogP contribution in [0.3, 0.4) is 0 Å². The van der Waals surface area contributed by atoms with Gasteiger partial charge in [0.05, 0.1) is 20.7 Å². The van der Waals surface area contributed by atoms with Crippen molar-refractivity contribution in [1.82, 2.24) is 0 Å². The number of benzene rings is 3. The maximum atomic E-state index is 14.1. The fraction of sp³-hybridized carbons (Fsp3) is 0.120. The molecule has 0 spiro atoms. The number of nitro groups is 1. The molecule has 0 atom stereocenters. The van der Waals surface area contributed by atoms with Gasteiger partial charge < -0.3 is 14.2 Å². The molecule has 0 aromatic heterocycles. The van der Waals surface area contributed by atoms with E-state index < -0.39 is 16.7 Å². The van der Waals surface area contributed by atoms with Crippen LogP contribution in [0.5, 0.6) is 11.5 Å². The predicted molar refractivity (Wildman–Crippen MR) is 135 cm³/mol. The summed E-state index contributed by atoms with van der Waals surface area (Å²) in [5, 5.41) is 10.8. The lowest BCUT2D eigenvalue weighted by molar-refractivity contribution is -0.384. The smallest absolute Gasteiger partial charge is 0.363 e. The zero-order valence-electron chi connectivity index (χ0n) is 18.4. The van der Waals surface area contributed by atoms with E-state index in [1.54, 1.807) is 30.3 Å². The van der Waals surface area contributed by atoms with Crippen LogP contribution in [-0.4, -0.2) is 23.4 Å². The Morgan fingerprint density at radius 1 is 1.14 bits per heavy atom. The summed E-state index contributed by atoms with van der Waals surface area (Å²) in [7, 11) is 0. The molecule has 35 heavy (non-hydrogen) atoms. The number of rotatable bonds is 8. The Balaban J connectivity index is 1.59. The van der Waals surface area contributed by atoms with E-state index >= 15 is 0 Å². The Morgan fingerprint density at radius 3 is 2.57 bits per heavy atom. The van der Waals surface area contributed by atoms with Gasteiger partial charge in [0.2, 0.25) is 5.90 Å². The summed E-state index contributed by atoms with van der Waals surface area (Å²) >= 11 is 2.09. The molecule has 0 bridgehead atoms. The van der Waals surface area contributed by atoms with E-state index in [0.29, 0.717) is 27.2 Å². The standard InChI is InChI=1S/C25H18FIN2O6/c1-2-33-22-13-16(12-21-25(30)35-24(28-21)18-5-3-4-6-19(18)26)11-20(27)23(22)34-14-15-7-9-17(10-8-15)29(31)32/h3-13H,2,14H2,1H3/b21-12-. The second-order valence-corrected chi connectivity index (χ2v) is 8.45. The Hall–Kier alpha value is -3.80. The monoisotopic (exact) mass is 588 g/mol. The normalized spacial score (nSPS) is 14.0. The SMILES string of the molecule is CCOc1cc(/C=C2\N=C(c3ccccc3F)OC2=O)cc(I)c1OCc1ccc([N+](=O)[O-])cc1. The van der Waals surface area contributed by atoms with Gasteiger partial charge in [0, 0.05) is 12.1 Å². The van der Waals surface area contributed by atoms with Gasteiger partial charge in [0.1, 0.15) is 12.4 Å². The summed E-state index contributed by atoms with van der Waals surface area (Å²) in [6.07, 6.45) is 1.53. The molecule has 0 radical (unpaired) electrons. The number of hydrogen-bond acceptors (Lipinski definition) is 7. The Labute approximate surface area is 213 Å². The van der Waals surface area contributed by atoms with Crippen LogP contribution in [0.1, 0.15) is 23.6 Å². The van der Waals surface area contributed by atoms with Crippen LogP contribution in [0.25, 0.3) is 6.08 Å². The fourth-order valence-electron chi connectivity index (χ4n) is 3.26. The third kappa shape index (κ3) is 5.65. The van der Waals surface area contributed by atoms with Crippen LogP contribution < -0.4 is 9.47 Å². The van der Waals surface area contributed by atoms with Crippen molar-refractivity contribution in [2.45, 2.75) is 13.5 Å². The molecule has 8 nitrogen and oxygen atoms in total. The van der Waals surface area contributed by atoms with Gasteiger partial charge in [-0.05, 0) is 83.1 Å². The first-order chi connectivity index (χ1) is 16.9.